The van der Waals surface area contributed by atoms with Crippen LogP contribution in [0.15, 0.2) is 0 Å². The van der Waals surface area contributed by atoms with E-state index in [1.807, 2.05) is 0 Å². The molecule has 1 aliphatic rings. The molecule has 0 aromatic heterocycles. The second-order valence-corrected chi connectivity index (χ2v) is 4.83. The molecule has 3 nitrogen and oxygen atoms in total. The molecular formula is C11H20F2N2O. The zero-order chi connectivity index (χ0) is 12.2. The van der Waals surface area contributed by atoms with E-state index in [-0.39, 0.29) is 24.8 Å². The van der Waals surface area contributed by atoms with Crippen molar-refractivity contribution in [1.29, 1.82) is 0 Å². The van der Waals surface area contributed by atoms with Gasteiger partial charge in [0.2, 0.25) is 5.91 Å². The van der Waals surface area contributed by atoms with Gasteiger partial charge in [0, 0.05) is 12.5 Å². The van der Waals surface area contributed by atoms with Gasteiger partial charge in [0.05, 0.1) is 5.54 Å². The maximum absolute atomic E-state index is 12.4. The second-order valence-electron chi connectivity index (χ2n) is 4.83. The number of nitrogens with one attached hydrogen (secondary N) is 1. The van der Waals surface area contributed by atoms with Gasteiger partial charge in [-0.1, -0.05) is 12.8 Å². The molecule has 1 amide bonds. The van der Waals surface area contributed by atoms with Crippen LogP contribution in [0, 0.1) is 5.92 Å². The van der Waals surface area contributed by atoms with E-state index in [1.54, 1.807) is 0 Å². The molecule has 1 fully saturated rings. The lowest BCUT2D eigenvalue weighted by Crippen LogP contribution is -2.46. The molecular weight excluding hydrogens is 214 g/mol. The highest BCUT2D eigenvalue weighted by molar-refractivity contribution is 5.78. The number of alkyl halides is 2. The number of hydrogen-bond donors (Lipinski definition) is 2. The maximum atomic E-state index is 12.4. The summed E-state index contributed by atoms with van der Waals surface area (Å²) < 4.78 is 24.8. The molecule has 0 heterocycles. The number of carbonyl (C=O) groups is 1. The number of halogens is 2. The van der Waals surface area contributed by atoms with Crippen molar-refractivity contribution < 1.29 is 13.6 Å². The Morgan fingerprint density at radius 3 is 2.56 bits per heavy atom. The van der Waals surface area contributed by atoms with Crippen LogP contribution in [-0.4, -0.2) is 24.4 Å². The minimum absolute atomic E-state index is 0.0115. The van der Waals surface area contributed by atoms with Gasteiger partial charge < -0.3 is 11.1 Å². The molecule has 0 aromatic rings. The van der Waals surface area contributed by atoms with Crippen molar-refractivity contribution >= 4 is 5.91 Å². The van der Waals surface area contributed by atoms with Crippen LogP contribution >= 0.6 is 0 Å². The quantitative estimate of drug-likeness (QED) is 0.760. The summed E-state index contributed by atoms with van der Waals surface area (Å²) in [6.45, 7) is 1.53. The van der Waals surface area contributed by atoms with Crippen LogP contribution in [0.1, 0.15) is 39.0 Å². The van der Waals surface area contributed by atoms with E-state index in [4.69, 9.17) is 5.73 Å². The van der Waals surface area contributed by atoms with E-state index < -0.39 is 12.0 Å². The van der Waals surface area contributed by atoms with Crippen molar-refractivity contribution in [1.82, 2.24) is 5.32 Å². The van der Waals surface area contributed by atoms with Gasteiger partial charge in [-0.25, -0.2) is 8.78 Å². The fourth-order valence-electron chi connectivity index (χ4n) is 1.90. The average Bonchev–Trinajstić information content (AvgIpc) is 2.69. The first-order valence-electron chi connectivity index (χ1n) is 5.78. The van der Waals surface area contributed by atoms with E-state index in [0.717, 1.165) is 25.7 Å². The lowest BCUT2D eigenvalue weighted by atomic mass is 10.00. The van der Waals surface area contributed by atoms with E-state index in [9.17, 15) is 13.6 Å². The Morgan fingerprint density at radius 2 is 2.06 bits per heavy atom. The van der Waals surface area contributed by atoms with E-state index in [0.29, 0.717) is 0 Å². The molecule has 0 aliphatic heterocycles. The van der Waals surface area contributed by atoms with Crippen LogP contribution in [0.5, 0.6) is 0 Å². The van der Waals surface area contributed by atoms with Crippen molar-refractivity contribution in [2.75, 3.05) is 6.54 Å². The number of carbonyl (C=O) groups excluding carboxylic acids is 1. The standard InChI is InChI=1S/C11H20F2N2O/c1-11(14,10(12)13)6-7-15-9(16)8-4-2-3-5-8/h8,10H,2-7,14H2,1H3,(H,15,16). The number of hydrogen-bond acceptors (Lipinski definition) is 2. The summed E-state index contributed by atoms with van der Waals surface area (Å²) in [5, 5.41) is 2.68. The van der Waals surface area contributed by atoms with Crippen LogP contribution in [0.3, 0.4) is 0 Å². The molecule has 3 N–H and O–H groups in total. The van der Waals surface area contributed by atoms with Gasteiger partial charge in [-0.3, -0.25) is 4.79 Å². The predicted molar refractivity (Wildman–Crippen MR) is 58.2 cm³/mol. The Balaban J connectivity index is 2.22. The van der Waals surface area contributed by atoms with Gasteiger partial charge in [-0.05, 0) is 26.2 Å². The van der Waals surface area contributed by atoms with E-state index in [2.05, 4.69) is 5.32 Å². The summed E-state index contributed by atoms with van der Waals surface area (Å²) in [4.78, 5) is 11.6. The maximum Gasteiger partial charge on any atom is 0.256 e. The first-order valence-corrected chi connectivity index (χ1v) is 5.78. The zero-order valence-corrected chi connectivity index (χ0v) is 9.64. The Hall–Kier alpha value is -0.710. The zero-order valence-electron chi connectivity index (χ0n) is 9.64. The van der Waals surface area contributed by atoms with Gasteiger partial charge in [-0.2, -0.15) is 0 Å². The van der Waals surface area contributed by atoms with Crippen molar-refractivity contribution in [3.05, 3.63) is 0 Å². The highest BCUT2D eigenvalue weighted by atomic mass is 19.3. The third-order valence-electron chi connectivity index (χ3n) is 3.19. The first kappa shape index (κ1) is 13.4. The molecule has 0 spiro atoms. The average molecular weight is 234 g/mol. The third-order valence-corrected chi connectivity index (χ3v) is 3.19. The van der Waals surface area contributed by atoms with Crippen LogP contribution in [0.2, 0.25) is 0 Å². The summed E-state index contributed by atoms with van der Waals surface area (Å²) in [7, 11) is 0. The van der Waals surface area contributed by atoms with Crippen molar-refractivity contribution in [2.24, 2.45) is 11.7 Å². The largest absolute Gasteiger partial charge is 0.356 e. The molecule has 1 saturated carbocycles. The summed E-state index contributed by atoms with van der Waals surface area (Å²) >= 11 is 0. The molecule has 94 valence electrons. The summed E-state index contributed by atoms with van der Waals surface area (Å²) in [5.74, 6) is 0.0677. The van der Waals surface area contributed by atoms with E-state index in [1.165, 1.54) is 6.92 Å². The molecule has 0 aromatic carbocycles. The Bertz CT molecular complexity index is 238. The van der Waals surface area contributed by atoms with Gasteiger partial charge in [-0.15, -0.1) is 0 Å². The number of nitrogens with two attached hydrogens (primary N) is 1. The molecule has 0 radical (unpaired) electrons. The topological polar surface area (TPSA) is 55.1 Å². The monoisotopic (exact) mass is 234 g/mol. The van der Waals surface area contributed by atoms with E-state index >= 15 is 0 Å². The van der Waals surface area contributed by atoms with Crippen LogP contribution < -0.4 is 11.1 Å². The highest BCUT2D eigenvalue weighted by Gasteiger charge is 2.30. The molecule has 1 rings (SSSR count). The minimum Gasteiger partial charge on any atom is -0.356 e. The third kappa shape index (κ3) is 3.70. The van der Waals surface area contributed by atoms with Gasteiger partial charge in [0.1, 0.15) is 0 Å². The summed E-state index contributed by atoms with van der Waals surface area (Å²) in [5.41, 5.74) is 3.89. The van der Waals surface area contributed by atoms with Crippen molar-refractivity contribution in [3.8, 4) is 0 Å². The molecule has 1 aliphatic carbocycles. The van der Waals surface area contributed by atoms with Crippen LogP contribution in [0.4, 0.5) is 8.78 Å². The van der Waals surface area contributed by atoms with Crippen LogP contribution in [0.25, 0.3) is 0 Å². The summed E-state index contributed by atoms with van der Waals surface area (Å²) in [6, 6.07) is 0. The Kier molecular flexibility index (Phi) is 4.65. The highest BCUT2D eigenvalue weighted by Crippen LogP contribution is 2.24. The van der Waals surface area contributed by atoms with Crippen molar-refractivity contribution in [3.63, 3.8) is 0 Å². The second kappa shape index (κ2) is 5.57. The molecule has 16 heavy (non-hydrogen) atoms. The number of rotatable bonds is 5. The normalized spacial score (nSPS) is 21.1. The Morgan fingerprint density at radius 1 is 1.50 bits per heavy atom. The van der Waals surface area contributed by atoms with Crippen LogP contribution in [-0.2, 0) is 4.79 Å². The fraction of sp³-hybridized carbons (Fsp3) is 0.909. The lowest BCUT2D eigenvalue weighted by molar-refractivity contribution is -0.124. The van der Waals surface area contributed by atoms with Crippen molar-refractivity contribution in [2.45, 2.75) is 51.0 Å². The molecule has 0 saturated heterocycles. The molecule has 1 atom stereocenters. The SMILES string of the molecule is CC(N)(CCNC(=O)C1CCCC1)C(F)F. The minimum atomic E-state index is -2.56. The van der Waals surface area contributed by atoms with Gasteiger partial charge in [0.25, 0.3) is 6.43 Å². The molecule has 5 heteroatoms. The predicted octanol–water partition coefficient (Wildman–Crippen LogP) is 1.67. The number of amides is 1. The first-order chi connectivity index (χ1) is 7.43. The molecule has 1 unspecified atom stereocenters. The Labute approximate surface area is 94.8 Å². The fourth-order valence-corrected chi connectivity index (χ4v) is 1.90. The van der Waals surface area contributed by atoms with Gasteiger partial charge >= 0.3 is 0 Å². The van der Waals surface area contributed by atoms with Gasteiger partial charge in [0.15, 0.2) is 0 Å². The summed E-state index contributed by atoms with van der Waals surface area (Å²) in [6.07, 6.45) is 1.55. The molecule has 0 bridgehead atoms. The smallest absolute Gasteiger partial charge is 0.256 e. The lowest BCUT2D eigenvalue weighted by Gasteiger charge is -2.23.